The Bertz CT molecular complexity index is 637. The summed E-state index contributed by atoms with van der Waals surface area (Å²) < 4.78 is 0. The van der Waals surface area contributed by atoms with Crippen molar-refractivity contribution in [2.45, 2.75) is 39.0 Å². The van der Waals surface area contributed by atoms with E-state index >= 15 is 0 Å². The summed E-state index contributed by atoms with van der Waals surface area (Å²) in [5.41, 5.74) is 2.78. The second-order valence-electron chi connectivity index (χ2n) is 7.83. The first-order chi connectivity index (χ1) is 12.1. The maximum absolute atomic E-state index is 9.45. The number of rotatable bonds is 7. The van der Waals surface area contributed by atoms with Crippen molar-refractivity contribution in [1.82, 2.24) is 4.90 Å². The minimum Gasteiger partial charge on any atom is -0.508 e. The zero-order valence-corrected chi connectivity index (χ0v) is 15.6. The Kier molecular flexibility index (Phi) is 6.14. The molecule has 1 aliphatic heterocycles. The molecule has 134 valence electrons. The summed E-state index contributed by atoms with van der Waals surface area (Å²) >= 11 is 0. The fourth-order valence-electron chi connectivity index (χ4n) is 4.18. The number of hydrogen-bond acceptors (Lipinski definition) is 2. The van der Waals surface area contributed by atoms with Crippen LogP contribution in [0.5, 0.6) is 5.75 Å². The van der Waals surface area contributed by atoms with Crippen LogP contribution in [0, 0.1) is 11.8 Å². The lowest BCUT2D eigenvalue weighted by Crippen LogP contribution is -2.25. The van der Waals surface area contributed by atoms with Gasteiger partial charge in [0.1, 0.15) is 5.75 Å². The smallest absolute Gasteiger partial charge is 0.115 e. The van der Waals surface area contributed by atoms with Gasteiger partial charge >= 0.3 is 0 Å². The third-order valence-corrected chi connectivity index (χ3v) is 5.72. The molecule has 3 rings (SSSR count). The molecular formula is C23H31NO. The molecule has 0 aromatic heterocycles. The SMILES string of the molecule is CC(CN1C[C@@H](CCCc2ccccc2)[C@@H](C)C1)c1ccc(O)cc1. The van der Waals surface area contributed by atoms with Gasteiger partial charge in [-0.15, -0.1) is 0 Å². The number of phenols is 1. The molecule has 0 amide bonds. The molecule has 0 spiro atoms. The molecule has 0 bridgehead atoms. The van der Waals surface area contributed by atoms with Gasteiger partial charge in [-0.3, -0.25) is 0 Å². The number of likely N-dealkylation sites (tertiary alicyclic amines) is 1. The number of aryl methyl sites for hydroxylation is 1. The minimum absolute atomic E-state index is 0.351. The Labute approximate surface area is 152 Å². The number of nitrogens with zero attached hydrogens (tertiary/aromatic N) is 1. The normalized spacial score (nSPS) is 22.2. The van der Waals surface area contributed by atoms with E-state index in [0.717, 1.165) is 18.4 Å². The number of phenolic OH excluding ortho intramolecular Hbond substituents is 1. The summed E-state index contributed by atoms with van der Waals surface area (Å²) in [7, 11) is 0. The van der Waals surface area contributed by atoms with E-state index in [-0.39, 0.29) is 0 Å². The average Bonchev–Trinajstić information content (AvgIpc) is 2.96. The van der Waals surface area contributed by atoms with Crippen LogP contribution in [0.1, 0.15) is 43.7 Å². The van der Waals surface area contributed by atoms with Crippen molar-refractivity contribution < 1.29 is 5.11 Å². The quantitative estimate of drug-likeness (QED) is 0.761. The number of hydrogen-bond donors (Lipinski definition) is 1. The Balaban J connectivity index is 1.45. The highest BCUT2D eigenvalue weighted by atomic mass is 16.3. The molecule has 1 aliphatic rings. The summed E-state index contributed by atoms with van der Waals surface area (Å²) in [6.45, 7) is 8.28. The lowest BCUT2D eigenvalue weighted by molar-refractivity contribution is 0.303. The van der Waals surface area contributed by atoms with Gasteiger partial charge in [0.2, 0.25) is 0 Å². The van der Waals surface area contributed by atoms with Crippen LogP contribution in [0.25, 0.3) is 0 Å². The zero-order valence-electron chi connectivity index (χ0n) is 15.6. The first kappa shape index (κ1) is 18.0. The Morgan fingerprint density at radius 3 is 2.48 bits per heavy atom. The topological polar surface area (TPSA) is 23.5 Å². The van der Waals surface area contributed by atoms with Crippen LogP contribution in [0.15, 0.2) is 54.6 Å². The van der Waals surface area contributed by atoms with E-state index in [1.165, 1.54) is 43.5 Å². The molecule has 0 saturated carbocycles. The van der Waals surface area contributed by atoms with Crippen molar-refractivity contribution in [2.24, 2.45) is 11.8 Å². The molecule has 1 N–H and O–H groups in total. The van der Waals surface area contributed by atoms with Crippen molar-refractivity contribution in [3.63, 3.8) is 0 Å². The Morgan fingerprint density at radius 1 is 1.04 bits per heavy atom. The average molecular weight is 338 g/mol. The van der Waals surface area contributed by atoms with Crippen molar-refractivity contribution in [3.8, 4) is 5.75 Å². The van der Waals surface area contributed by atoms with Crippen LogP contribution in [0.2, 0.25) is 0 Å². The van der Waals surface area contributed by atoms with E-state index in [0.29, 0.717) is 11.7 Å². The monoisotopic (exact) mass is 337 g/mol. The number of aromatic hydroxyl groups is 1. The van der Waals surface area contributed by atoms with Crippen molar-refractivity contribution in [2.75, 3.05) is 19.6 Å². The third kappa shape index (κ3) is 5.09. The van der Waals surface area contributed by atoms with Gasteiger partial charge in [0, 0.05) is 19.6 Å². The summed E-state index contributed by atoms with van der Waals surface area (Å²) in [6, 6.07) is 18.5. The van der Waals surface area contributed by atoms with E-state index in [2.05, 4.69) is 61.2 Å². The molecule has 1 saturated heterocycles. The maximum Gasteiger partial charge on any atom is 0.115 e. The minimum atomic E-state index is 0.351. The van der Waals surface area contributed by atoms with Crippen molar-refractivity contribution in [3.05, 3.63) is 65.7 Å². The fourth-order valence-corrected chi connectivity index (χ4v) is 4.18. The van der Waals surface area contributed by atoms with Crippen molar-refractivity contribution >= 4 is 0 Å². The molecule has 1 heterocycles. The summed E-state index contributed by atoms with van der Waals surface area (Å²) in [5.74, 6) is 2.48. The lowest BCUT2D eigenvalue weighted by Gasteiger charge is -2.21. The van der Waals surface area contributed by atoms with Gasteiger partial charge in [-0.2, -0.15) is 0 Å². The standard InChI is InChI=1S/C23H31NO/c1-18(21-11-13-23(25)14-12-21)15-24-16-19(2)22(17-24)10-6-9-20-7-4-3-5-8-20/h3-5,7-8,11-14,18-19,22,25H,6,9-10,15-17H2,1-2H3/t18?,19-,22+/m0/s1. The second-order valence-corrected chi connectivity index (χ2v) is 7.83. The van der Waals surface area contributed by atoms with Crippen LogP contribution in [0.4, 0.5) is 0 Å². The molecule has 2 heteroatoms. The Morgan fingerprint density at radius 2 is 1.76 bits per heavy atom. The second kappa shape index (κ2) is 8.53. The molecule has 0 radical (unpaired) electrons. The van der Waals surface area contributed by atoms with Gasteiger partial charge in [-0.05, 0) is 60.3 Å². The van der Waals surface area contributed by atoms with E-state index in [1.807, 2.05) is 0 Å². The summed E-state index contributed by atoms with van der Waals surface area (Å²) in [4.78, 5) is 2.63. The fraction of sp³-hybridized carbons (Fsp3) is 0.478. The van der Waals surface area contributed by atoms with E-state index < -0.39 is 0 Å². The van der Waals surface area contributed by atoms with Gasteiger partial charge in [0.15, 0.2) is 0 Å². The molecule has 3 atom stereocenters. The highest BCUT2D eigenvalue weighted by Crippen LogP contribution is 2.29. The predicted molar refractivity (Wildman–Crippen MR) is 105 cm³/mol. The molecule has 0 aliphatic carbocycles. The Hall–Kier alpha value is -1.80. The largest absolute Gasteiger partial charge is 0.508 e. The molecule has 1 fully saturated rings. The number of benzene rings is 2. The molecule has 2 aromatic rings. The maximum atomic E-state index is 9.45. The van der Waals surface area contributed by atoms with E-state index in [1.54, 1.807) is 12.1 Å². The zero-order chi connectivity index (χ0) is 17.6. The van der Waals surface area contributed by atoms with Crippen LogP contribution < -0.4 is 0 Å². The first-order valence-corrected chi connectivity index (χ1v) is 9.67. The van der Waals surface area contributed by atoms with E-state index in [4.69, 9.17) is 0 Å². The van der Waals surface area contributed by atoms with Crippen LogP contribution in [-0.2, 0) is 6.42 Å². The van der Waals surface area contributed by atoms with Gasteiger partial charge in [-0.25, -0.2) is 0 Å². The summed E-state index contributed by atoms with van der Waals surface area (Å²) in [5, 5.41) is 9.45. The third-order valence-electron chi connectivity index (χ3n) is 5.72. The predicted octanol–water partition coefficient (Wildman–Crippen LogP) is 5.09. The molecule has 2 aromatic carbocycles. The van der Waals surface area contributed by atoms with E-state index in [9.17, 15) is 5.11 Å². The highest BCUT2D eigenvalue weighted by molar-refractivity contribution is 5.28. The molecule has 2 nitrogen and oxygen atoms in total. The molecule has 25 heavy (non-hydrogen) atoms. The van der Waals surface area contributed by atoms with Gasteiger partial charge in [0.05, 0.1) is 0 Å². The van der Waals surface area contributed by atoms with Crippen molar-refractivity contribution in [1.29, 1.82) is 0 Å². The van der Waals surface area contributed by atoms with Crippen LogP contribution >= 0.6 is 0 Å². The van der Waals surface area contributed by atoms with Gasteiger partial charge in [-0.1, -0.05) is 56.3 Å². The first-order valence-electron chi connectivity index (χ1n) is 9.67. The summed E-state index contributed by atoms with van der Waals surface area (Å²) in [6.07, 6.45) is 3.83. The molecular weight excluding hydrogens is 306 g/mol. The van der Waals surface area contributed by atoms with Crippen LogP contribution in [0.3, 0.4) is 0 Å². The highest BCUT2D eigenvalue weighted by Gasteiger charge is 2.29. The van der Waals surface area contributed by atoms with Crippen LogP contribution in [-0.4, -0.2) is 29.6 Å². The molecule has 1 unspecified atom stereocenters. The lowest BCUT2D eigenvalue weighted by atomic mass is 9.92. The van der Waals surface area contributed by atoms with Gasteiger partial charge < -0.3 is 10.0 Å². The van der Waals surface area contributed by atoms with Gasteiger partial charge in [0.25, 0.3) is 0 Å².